The molecule has 1 aromatic carbocycles. The first-order valence-electron chi connectivity index (χ1n) is 6.63. The van der Waals surface area contributed by atoms with Gasteiger partial charge in [-0.05, 0) is 18.4 Å². The van der Waals surface area contributed by atoms with E-state index in [4.69, 9.17) is 4.74 Å². The fraction of sp³-hybridized carbons (Fsp3) is 0.500. The lowest BCUT2D eigenvalue weighted by Gasteiger charge is -2.27. The third kappa shape index (κ3) is 4.63. The molecule has 100 valence electrons. The summed E-state index contributed by atoms with van der Waals surface area (Å²) in [5.41, 5.74) is 1.17. The Kier molecular flexibility index (Phi) is 6.69. The smallest absolute Gasteiger partial charge is 0.0720 e. The molecule has 0 bridgehead atoms. The molecule has 2 nitrogen and oxygen atoms in total. The normalized spacial score (nSPS) is 15.9. The van der Waals surface area contributed by atoms with E-state index < -0.39 is 0 Å². The van der Waals surface area contributed by atoms with E-state index in [2.05, 4.69) is 25.6 Å². The molecule has 0 aliphatic heterocycles. The third-order valence-corrected chi connectivity index (χ3v) is 3.31. The second kappa shape index (κ2) is 8.06. The highest BCUT2D eigenvalue weighted by Gasteiger charge is 2.22. The molecule has 1 rings (SSSR count). The molecule has 0 aliphatic rings. The quantitative estimate of drug-likeness (QED) is 0.713. The summed E-state index contributed by atoms with van der Waals surface area (Å²) in [6, 6.07) is 10.1. The van der Waals surface area contributed by atoms with Crippen LogP contribution in [0.3, 0.4) is 0 Å². The lowest BCUT2D eigenvalue weighted by molar-refractivity contribution is -0.0387. The number of rotatable bonds is 8. The Morgan fingerprint density at radius 1 is 1.33 bits per heavy atom. The second-order valence-corrected chi connectivity index (χ2v) is 4.69. The molecule has 1 aromatic rings. The highest BCUT2D eigenvalue weighted by Crippen LogP contribution is 2.19. The molecule has 0 saturated heterocycles. The maximum atomic E-state index is 9.97. The van der Waals surface area contributed by atoms with Crippen molar-refractivity contribution in [2.75, 3.05) is 0 Å². The van der Waals surface area contributed by atoms with Crippen LogP contribution in [0.1, 0.15) is 32.3 Å². The summed E-state index contributed by atoms with van der Waals surface area (Å²) in [6.45, 7) is 8.39. The van der Waals surface area contributed by atoms with Gasteiger partial charge in [0.2, 0.25) is 0 Å². The fourth-order valence-corrected chi connectivity index (χ4v) is 2.05. The molecular formula is C16H24O2. The second-order valence-electron chi connectivity index (χ2n) is 4.69. The summed E-state index contributed by atoms with van der Waals surface area (Å²) in [5.74, 6) is 0.122. The highest BCUT2D eigenvalue weighted by molar-refractivity contribution is 5.13. The van der Waals surface area contributed by atoms with Gasteiger partial charge in [-0.2, -0.15) is 0 Å². The first-order chi connectivity index (χ1) is 8.69. The van der Waals surface area contributed by atoms with Crippen LogP contribution in [-0.2, 0) is 11.3 Å². The summed E-state index contributed by atoms with van der Waals surface area (Å²) in [4.78, 5) is 0. The fourth-order valence-electron chi connectivity index (χ4n) is 2.05. The van der Waals surface area contributed by atoms with Crippen LogP contribution >= 0.6 is 0 Å². The molecule has 0 amide bonds. The van der Waals surface area contributed by atoms with E-state index in [-0.39, 0.29) is 18.1 Å². The lowest BCUT2D eigenvalue weighted by Crippen LogP contribution is -2.30. The van der Waals surface area contributed by atoms with Gasteiger partial charge in [0.15, 0.2) is 0 Å². The standard InChI is InChI=1S/C16H24O2/c1-4-9-15(17)13(3)16(5-2)18-12-14-10-7-6-8-11-14/h4,6-8,10-11,13,15-17H,1,5,9,12H2,2-3H3/t13-,15-,16-/m1/s1. The SMILES string of the molecule is C=CC[C@@H](O)[C@@H](C)[C@@H](CC)OCc1ccccc1. The molecule has 0 aromatic heterocycles. The van der Waals surface area contributed by atoms with Crippen molar-refractivity contribution in [2.24, 2.45) is 5.92 Å². The summed E-state index contributed by atoms with van der Waals surface area (Å²) < 4.78 is 5.91. The van der Waals surface area contributed by atoms with Crippen molar-refractivity contribution >= 4 is 0 Å². The molecule has 3 atom stereocenters. The van der Waals surface area contributed by atoms with Gasteiger partial charge in [0.1, 0.15) is 0 Å². The van der Waals surface area contributed by atoms with Gasteiger partial charge >= 0.3 is 0 Å². The van der Waals surface area contributed by atoms with Crippen molar-refractivity contribution in [3.05, 3.63) is 48.6 Å². The van der Waals surface area contributed by atoms with Crippen molar-refractivity contribution in [3.8, 4) is 0 Å². The van der Waals surface area contributed by atoms with Gasteiger partial charge in [-0.15, -0.1) is 6.58 Å². The molecule has 0 saturated carbocycles. The van der Waals surface area contributed by atoms with Gasteiger partial charge in [0.05, 0.1) is 18.8 Å². The van der Waals surface area contributed by atoms with Crippen molar-refractivity contribution in [2.45, 2.75) is 45.5 Å². The third-order valence-electron chi connectivity index (χ3n) is 3.31. The van der Waals surface area contributed by atoms with Crippen LogP contribution in [0.2, 0.25) is 0 Å². The van der Waals surface area contributed by atoms with Gasteiger partial charge in [-0.3, -0.25) is 0 Å². The van der Waals surface area contributed by atoms with E-state index in [1.807, 2.05) is 25.1 Å². The highest BCUT2D eigenvalue weighted by atomic mass is 16.5. The maximum Gasteiger partial charge on any atom is 0.0720 e. The summed E-state index contributed by atoms with van der Waals surface area (Å²) in [5, 5.41) is 9.97. The summed E-state index contributed by atoms with van der Waals surface area (Å²) in [6.07, 6.45) is 2.99. The first kappa shape index (κ1) is 14.9. The molecule has 0 aliphatic carbocycles. The lowest BCUT2D eigenvalue weighted by atomic mass is 9.94. The molecular weight excluding hydrogens is 224 g/mol. The van der Waals surface area contributed by atoms with Crippen LogP contribution in [0.4, 0.5) is 0 Å². The van der Waals surface area contributed by atoms with Crippen molar-refractivity contribution in [1.29, 1.82) is 0 Å². The average molecular weight is 248 g/mol. The number of aliphatic hydroxyl groups is 1. The van der Waals surface area contributed by atoms with Crippen LogP contribution in [0.15, 0.2) is 43.0 Å². The van der Waals surface area contributed by atoms with E-state index in [0.29, 0.717) is 13.0 Å². The average Bonchev–Trinajstić information content (AvgIpc) is 2.40. The van der Waals surface area contributed by atoms with Crippen LogP contribution in [-0.4, -0.2) is 17.3 Å². The minimum absolute atomic E-state index is 0.0835. The van der Waals surface area contributed by atoms with Gasteiger partial charge in [0.25, 0.3) is 0 Å². The number of hydrogen-bond acceptors (Lipinski definition) is 2. The Morgan fingerprint density at radius 3 is 2.56 bits per heavy atom. The molecule has 0 fully saturated rings. The Hall–Kier alpha value is -1.12. The molecule has 18 heavy (non-hydrogen) atoms. The van der Waals surface area contributed by atoms with Gasteiger partial charge in [-0.25, -0.2) is 0 Å². The van der Waals surface area contributed by atoms with Crippen LogP contribution < -0.4 is 0 Å². The van der Waals surface area contributed by atoms with E-state index in [1.54, 1.807) is 6.08 Å². The monoisotopic (exact) mass is 248 g/mol. The Labute approximate surface area is 110 Å². The van der Waals surface area contributed by atoms with Crippen molar-refractivity contribution < 1.29 is 9.84 Å². The topological polar surface area (TPSA) is 29.5 Å². The Bertz CT molecular complexity index is 334. The minimum atomic E-state index is -0.372. The van der Waals surface area contributed by atoms with Crippen LogP contribution in [0.5, 0.6) is 0 Å². The molecule has 0 spiro atoms. The van der Waals surface area contributed by atoms with Gasteiger partial charge in [-0.1, -0.05) is 50.3 Å². The largest absolute Gasteiger partial charge is 0.392 e. The van der Waals surface area contributed by atoms with E-state index in [9.17, 15) is 5.11 Å². The predicted octanol–water partition coefficient (Wildman–Crippen LogP) is 3.55. The maximum absolute atomic E-state index is 9.97. The van der Waals surface area contributed by atoms with E-state index in [0.717, 1.165) is 6.42 Å². The summed E-state index contributed by atoms with van der Waals surface area (Å²) >= 11 is 0. The zero-order chi connectivity index (χ0) is 13.4. The van der Waals surface area contributed by atoms with Crippen molar-refractivity contribution in [1.82, 2.24) is 0 Å². The Morgan fingerprint density at radius 2 is 2.00 bits per heavy atom. The minimum Gasteiger partial charge on any atom is -0.392 e. The number of ether oxygens (including phenoxy) is 1. The molecule has 0 heterocycles. The van der Waals surface area contributed by atoms with Crippen LogP contribution in [0.25, 0.3) is 0 Å². The van der Waals surface area contributed by atoms with Gasteiger partial charge in [0, 0.05) is 5.92 Å². The number of hydrogen-bond donors (Lipinski definition) is 1. The first-order valence-corrected chi connectivity index (χ1v) is 6.63. The van der Waals surface area contributed by atoms with E-state index >= 15 is 0 Å². The zero-order valence-electron chi connectivity index (χ0n) is 11.4. The molecule has 2 heteroatoms. The van der Waals surface area contributed by atoms with Crippen molar-refractivity contribution in [3.63, 3.8) is 0 Å². The van der Waals surface area contributed by atoms with Gasteiger partial charge < -0.3 is 9.84 Å². The molecule has 1 N–H and O–H groups in total. The summed E-state index contributed by atoms with van der Waals surface area (Å²) in [7, 11) is 0. The Balaban J connectivity index is 2.48. The van der Waals surface area contributed by atoms with Crippen LogP contribution in [0, 0.1) is 5.92 Å². The number of aliphatic hydroxyl groups excluding tert-OH is 1. The van der Waals surface area contributed by atoms with E-state index in [1.165, 1.54) is 5.56 Å². The molecule has 0 radical (unpaired) electrons. The molecule has 0 unspecified atom stereocenters. The zero-order valence-corrected chi connectivity index (χ0v) is 11.4. The predicted molar refractivity (Wildman–Crippen MR) is 75.3 cm³/mol. The number of benzene rings is 1.